The van der Waals surface area contributed by atoms with Crippen LogP contribution in [0.25, 0.3) is 0 Å². The van der Waals surface area contributed by atoms with Crippen molar-refractivity contribution in [3.05, 3.63) is 65.7 Å². The summed E-state index contributed by atoms with van der Waals surface area (Å²) < 4.78 is 27.1. The largest absolute Gasteiger partial charge is 0.351 e. The van der Waals surface area contributed by atoms with Crippen LogP contribution in [0.15, 0.2) is 59.5 Å². The molecule has 1 aliphatic heterocycles. The second-order valence-corrected chi connectivity index (χ2v) is 10.0. The topological polar surface area (TPSA) is 66.5 Å². The van der Waals surface area contributed by atoms with Gasteiger partial charge in [-0.3, -0.25) is 4.79 Å². The Kier molecular flexibility index (Phi) is 5.74. The minimum atomic E-state index is -3.42. The third kappa shape index (κ3) is 3.96. The number of hydrogen-bond acceptors (Lipinski definition) is 3. The maximum Gasteiger partial charge on any atom is 0.243 e. The van der Waals surface area contributed by atoms with E-state index in [9.17, 15) is 13.2 Å². The number of sulfonamides is 1. The molecule has 2 aromatic rings. The molecule has 29 heavy (non-hydrogen) atoms. The van der Waals surface area contributed by atoms with Crippen LogP contribution in [-0.4, -0.2) is 31.7 Å². The SMILES string of the molecule is O=C(NCc1ccc(S(=O)(=O)N2CCCCC2)cc1)C1(c2ccccc2)CCC1. The summed E-state index contributed by atoms with van der Waals surface area (Å²) in [5, 5.41) is 3.06. The maximum atomic E-state index is 12.9. The van der Waals surface area contributed by atoms with Gasteiger partial charge in [-0.25, -0.2) is 8.42 Å². The molecule has 6 heteroatoms. The Bertz CT molecular complexity index is 945. The molecule has 0 spiro atoms. The van der Waals surface area contributed by atoms with Gasteiger partial charge in [0.1, 0.15) is 0 Å². The zero-order valence-electron chi connectivity index (χ0n) is 16.6. The fourth-order valence-corrected chi connectivity index (χ4v) is 5.84. The standard InChI is InChI=1S/C23H28N2O3S/c26-22(23(14-7-15-23)20-8-3-1-4-9-20)24-18-19-10-12-21(13-11-19)29(27,28)25-16-5-2-6-17-25/h1,3-4,8-13H,2,5-7,14-18H2,(H,24,26). The molecule has 1 aliphatic carbocycles. The van der Waals surface area contributed by atoms with Gasteiger partial charge in [0.2, 0.25) is 15.9 Å². The molecule has 1 N–H and O–H groups in total. The molecule has 154 valence electrons. The van der Waals surface area contributed by atoms with Crippen molar-refractivity contribution in [3.63, 3.8) is 0 Å². The van der Waals surface area contributed by atoms with E-state index in [0.717, 1.165) is 49.7 Å². The minimum Gasteiger partial charge on any atom is -0.351 e. The van der Waals surface area contributed by atoms with Gasteiger partial charge in [0.05, 0.1) is 10.3 Å². The summed E-state index contributed by atoms with van der Waals surface area (Å²) in [6.45, 7) is 1.60. The molecule has 2 aromatic carbocycles. The number of nitrogens with one attached hydrogen (secondary N) is 1. The highest BCUT2D eigenvalue weighted by Crippen LogP contribution is 2.43. The Balaban J connectivity index is 1.41. The Labute approximate surface area is 173 Å². The first-order valence-electron chi connectivity index (χ1n) is 10.5. The molecule has 2 aliphatic rings. The highest BCUT2D eigenvalue weighted by molar-refractivity contribution is 7.89. The zero-order chi connectivity index (χ0) is 20.3. The van der Waals surface area contributed by atoms with Crippen molar-refractivity contribution in [2.24, 2.45) is 0 Å². The van der Waals surface area contributed by atoms with E-state index in [1.54, 1.807) is 28.6 Å². The van der Waals surface area contributed by atoms with Gasteiger partial charge in [-0.15, -0.1) is 0 Å². The summed E-state index contributed by atoms with van der Waals surface area (Å²) in [6, 6.07) is 16.9. The van der Waals surface area contributed by atoms with Crippen LogP contribution in [0, 0.1) is 0 Å². The van der Waals surface area contributed by atoms with Crippen molar-refractivity contribution in [3.8, 4) is 0 Å². The van der Waals surface area contributed by atoms with Gasteiger partial charge in [-0.1, -0.05) is 55.3 Å². The van der Waals surface area contributed by atoms with Crippen molar-refractivity contribution in [1.29, 1.82) is 0 Å². The van der Waals surface area contributed by atoms with Crippen LogP contribution >= 0.6 is 0 Å². The molecular formula is C23H28N2O3S. The van der Waals surface area contributed by atoms with Crippen molar-refractivity contribution in [2.75, 3.05) is 13.1 Å². The van der Waals surface area contributed by atoms with E-state index in [1.165, 1.54) is 0 Å². The van der Waals surface area contributed by atoms with Crippen LogP contribution in [-0.2, 0) is 26.8 Å². The molecule has 1 heterocycles. The van der Waals surface area contributed by atoms with Crippen molar-refractivity contribution >= 4 is 15.9 Å². The second-order valence-electron chi connectivity index (χ2n) is 8.09. The van der Waals surface area contributed by atoms with E-state index in [2.05, 4.69) is 5.32 Å². The van der Waals surface area contributed by atoms with E-state index >= 15 is 0 Å². The molecule has 1 saturated carbocycles. The normalized spacial score (nSPS) is 19.3. The number of carbonyl (C=O) groups excluding carboxylic acids is 1. The predicted octanol–water partition coefficient (Wildman–Crippen LogP) is 3.60. The lowest BCUT2D eigenvalue weighted by molar-refractivity contribution is -0.130. The van der Waals surface area contributed by atoms with E-state index in [-0.39, 0.29) is 5.91 Å². The third-order valence-corrected chi connectivity index (χ3v) is 8.21. The lowest BCUT2D eigenvalue weighted by atomic mass is 9.64. The van der Waals surface area contributed by atoms with E-state index in [0.29, 0.717) is 24.5 Å². The molecule has 4 rings (SSSR count). The van der Waals surface area contributed by atoms with Crippen molar-refractivity contribution < 1.29 is 13.2 Å². The second kappa shape index (κ2) is 8.28. The molecule has 5 nitrogen and oxygen atoms in total. The van der Waals surface area contributed by atoms with Gasteiger partial charge in [-0.2, -0.15) is 4.31 Å². The van der Waals surface area contributed by atoms with E-state index in [4.69, 9.17) is 0 Å². The van der Waals surface area contributed by atoms with Crippen LogP contribution in [0.3, 0.4) is 0 Å². The summed E-state index contributed by atoms with van der Waals surface area (Å²) in [4.78, 5) is 13.3. The highest BCUT2D eigenvalue weighted by Gasteiger charge is 2.45. The number of benzene rings is 2. The van der Waals surface area contributed by atoms with Crippen molar-refractivity contribution in [2.45, 2.75) is 55.4 Å². The summed E-state index contributed by atoms with van der Waals surface area (Å²) in [6.07, 6.45) is 5.74. The zero-order valence-corrected chi connectivity index (χ0v) is 17.5. The van der Waals surface area contributed by atoms with Crippen LogP contribution in [0.4, 0.5) is 0 Å². The Morgan fingerprint density at radius 2 is 1.55 bits per heavy atom. The number of piperidine rings is 1. The average molecular weight is 413 g/mol. The van der Waals surface area contributed by atoms with E-state index in [1.807, 2.05) is 30.3 Å². The van der Waals surface area contributed by atoms with Crippen molar-refractivity contribution in [1.82, 2.24) is 9.62 Å². The lowest BCUT2D eigenvalue weighted by Crippen LogP contribution is -2.48. The number of hydrogen-bond donors (Lipinski definition) is 1. The first-order valence-corrected chi connectivity index (χ1v) is 11.9. The van der Waals surface area contributed by atoms with E-state index < -0.39 is 15.4 Å². The summed E-state index contributed by atoms with van der Waals surface area (Å²) in [5.41, 5.74) is 1.56. The quantitative estimate of drug-likeness (QED) is 0.788. The van der Waals surface area contributed by atoms with Gasteiger partial charge in [0.25, 0.3) is 0 Å². The van der Waals surface area contributed by atoms with Gasteiger partial charge in [0.15, 0.2) is 0 Å². The lowest BCUT2D eigenvalue weighted by Gasteiger charge is -2.40. The monoisotopic (exact) mass is 412 g/mol. The fourth-order valence-electron chi connectivity index (χ4n) is 4.32. The third-order valence-electron chi connectivity index (χ3n) is 6.30. The fraction of sp³-hybridized carbons (Fsp3) is 0.435. The maximum absolute atomic E-state index is 12.9. The Morgan fingerprint density at radius 1 is 0.897 bits per heavy atom. The predicted molar refractivity (Wildman–Crippen MR) is 113 cm³/mol. The minimum absolute atomic E-state index is 0.0555. The number of rotatable bonds is 6. The Hall–Kier alpha value is -2.18. The van der Waals surface area contributed by atoms with Gasteiger partial charge < -0.3 is 5.32 Å². The molecule has 0 aromatic heterocycles. The highest BCUT2D eigenvalue weighted by atomic mass is 32.2. The van der Waals surface area contributed by atoms with Crippen LogP contribution in [0.1, 0.15) is 49.7 Å². The summed E-state index contributed by atoms with van der Waals surface area (Å²) >= 11 is 0. The molecule has 0 atom stereocenters. The molecule has 0 radical (unpaired) electrons. The first kappa shape index (κ1) is 20.1. The molecular weight excluding hydrogens is 384 g/mol. The van der Waals surface area contributed by atoms with Gasteiger partial charge >= 0.3 is 0 Å². The average Bonchev–Trinajstić information content (AvgIpc) is 2.73. The van der Waals surface area contributed by atoms with Crippen LogP contribution in [0.2, 0.25) is 0 Å². The number of carbonyl (C=O) groups is 1. The number of nitrogens with zero attached hydrogens (tertiary/aromatic N) is 1. The summed E-state index contributed by atoms with van der Waals surface area (Å²) in [7, 11) is -3.42. The van der Waals surface area contributed by atoms with Crippen LogP contribution < -0.4 is 5.32 Å². The number of amides is 1. The smallest absolute Gasteiger partial charge is 0.243 e. The first-order chi connectivity index (χ1) is 14.0. The Morgan fingerprint density at radius 3 is 2.14 bits per heavy atom. The molecule has 0 unspecified atom stereocenters. The molecule has 2 fully saturated rings. The molecule has 1 saturated heterocycles. The van der Waals surface area contributed by atoms with Gasteiger partial charge in [0, 0.05) is 19.6 Å². The molecule has 1 amide bonds. The van der Waals surface area contributed by atoms with Crippen LogP contribution in [0.5, 0.6) is 0 Å². The molecule has 0 bridgehead atoms. The van der Waals surface area contributed by atoms with Gasteiger partial charge in [-0.05, 0) is 48.9 Å². The summed E-state index contributed by atoms with van der Waals surface area (Å²) in [5.74, 6) is 0.0555.